The normalized spacial score (nSPS) is 10.8. The van der Waals surface area contributed by atoms with Crippen molar-refractivity contribution in [3.63, 3.8) is 0 Å². The van der Waals surface area contributed by atoms with Crippen LogP contribution in [0, 0.1) is 12.4 Å². The van der Waals surface area contributed by atoms with Gasteiger partial charge in [-0.1, -0.05) is 35.3 Å². The minimum Gasteiger partial charge on any atom is -0.506 e. The molecule has 2 aromatic carbocycles. The van der Waals surface area contributed by atoms with Crippen molar-refractivity contribution >= 4 is 40.1 Å². The Kier molecular flexibility index (Phi) is 6.30. The zero-order valence-electron chi connectivity index (χ0n) is 15.7. The van der Waals surface area contributed by atoms with Gasteiger partial charge in [-0.25, -0.2) is 15.8 Å². The van der Waals surface area contributed by atoms with Gasteiger partial charge in [0.25, 0.3) is 5.56 Å². The molecule has 9 heteroatoms. The van der Waals surface area contributed by atoms with E-state index in [1.165, 1.54) is 6.07 Å². The lowest BCUT2D eigenvalue weighted by Crippen LogP contribution is -2.20. The lowest BCUT2D eigenvalue weighted by Gasteiger charge is -2.15. The largest absolute Gasteiger partial charge is 0.506 e. The number of H-pyrrole nitrogens is 1. The second kappa shape index (κ2) is 8.74. The maximum absolute atomic E-state index is 15.6. The van der Waals surface area contributed by atoms with Gasteiger partial charge in [0.15, 0.2) is 11.4 Å². The summed E-state index contributed by atoms with van der Waals surface area (Å²) in [5.74, 6) is -2.58. The molecule has 1 heterocycles. The number of carbonyl (C=O) groups is 1. The lowest BCUT2D eigenvalue weighted by molar-refractivity contribution is 0.0521. The number of ether oxygens (including phenoxy) is 1. The smallest absolute Gasteiger partial charge is 0.347 e. The monoisotopic (exact) mass is 448 g/mol. The number of esters is 1. The second-order valence-corrected chi connectivity index (χ2v) is 7.06. The molecule has 30 heavy (non-hydrogen) atoms. The number of nitrogens with one attached hydrogen (secondary N) is 1. The van der Waals surface area contributed by atoms with Crippen LogP contribution >= 0.6 is 23.2 Å². The Labute approximate surface area is 180 Å². The maximum Gasteiger partial charge on any atom is 0.347 e. The summed E-state index contributed by atoms with van der Waals surface area (Å²) in [5, 5.41) is 10.8. The molecule has 0 aliphatic heterocycles. The van der Waals surface area contributed by atoms with Gasteiger partial charge >= 0.3 is 5.97 Å². The molecule has 0 bridgehead atoms. The molecule has 3 aromatic rings. The molecule has 0 saturated heterocycles. The van der Waals surface area contributed by atoms with Gasteiger partial charge in [0.1, 0.15) is 5.75 Å². The van der Waals surface area contributed by atoms with Crippen LogP contribution in [0.25, 0.3) is 26.9 Å². The molecule has 0 saturated carbocycles. The Morgan fingerprint density at radius 1 is 1.37 bits per heavy atom. The Morgan fingerprint density at radius 3 is 2.77 bits per heavy atom. The molecule has 0 aliphatic carbocycles. The second-order valence-electron chi connectivity index (χ2n) is 6.28. The van der Waals surface area contributed by atoms with Gasteiger partial charge in [0.2, 0.25) is 6.54 Å². The highest BCUT2D eigenvalue weighted by Crippen LogP contribution is 2.40. The van der Waals surface area contributed by atoms with E-state index in [1.54, 1.807) is 25.1 Å². The van der Waals surface area contributed by atoms with E-state index in [2.05, 4.69) is 9.83 Å². The predicted molar refractivity (Wildman–Crippen MR) is 113 cm³/mol. The van der Waals surface area contributed by atoms with E-state index in [0.717, 1.165) is 0 Å². The van der Waals surface area contributed by atoms with Crippen molar-refractivity contribution in [3.05, 3.63) is 73.0 Å². The molecule has 2 N–H and O–H groups in total. The van der Waals surface area contributed by atoms with Crippen LogP contribution in [-0.4, -0.2) is 29.2 Å². The Hall–Kier alpha value is -3.08. The first-order chi connectivity index (χ1) is 14.3. The summed E-state index contributed by atoms with van der Waals surface area (Å²) < 4.78 is 20.4. The number of hydrogen-bond donors (Lipinski definition) is 2. The molecule has 0 atom stereocenters. The fraction of sp³-hybridized carbons (Fsp3) is 0.190. The summed E-state index contributed by atoms with van der Waals surface area (Å²) in [6.07, 6.45) is 0.141. The predicted octanol–water partition coefficient (Wildman–Crippen LogP) is 4.99. The quantitative estimate of drug-likeness (QED) is 0.425. The number of carbonyl (C=O) groups excluding carboxylic acids is 1. The molecule has 6 nitrogen and oxygen atoms in total. The topological polar surface area (TPSA) is 83.8 Å². The number of pyridine rings is 1. The molecular formula is C21H15Cl2FN2O4. The molecular weight excluding hydrogens is 434 g/mol. The number of aromatic nitrogens is 1. The van der Waals surface area contributed by atoms with Crippen molar-refractivity contribution < 1.29 is 19.0 Å². The first-order valence-corrected chi connectivity index (χ1v) is 9.62. The molecule has 1 aromatic heterocycles. The van der Waals surface area contributed by atoms with Gasteiger partial charge in [-0.15, -0.1) is 0 Å². The molecule has 0 radical (unpaired) electrons. The summed E-state index contributed by atoms with van der Waals surface area (Å²) >= 11 is 12.4. The highest BCUT2D eigenvalue weighted by atomic mass is 35.5. The minimum atomic E-state index is -1.02. The standard InChI is InChI=1S/C21H15Cl2FN2O4/c1-3-30-21(29)15-19(27)12-9-10(7-8-25-2)14(17(24)18(12)26-20(15)28)11-5-4-6-13(22)16(11)23/h4-6,9H,3,7-8H2,1H3,(H2,26,27,28). The number of fused-ring (bicyclic) bond motifs is 1. The van der Waals surface area contributed by atoms with Crippen molar-refractivity contribution in [1.82, 2.24) is 4.98 Å². The van der Waals surface area contributed by atoms with Crippen LogP contribution in [0.3, 0.4) is 0 Å². The zero-order valence-corrected chi connectivity index (χ0v) is 17.2. The van der Waals surface area contributed by atoms with Crippen LogP contribution < -0.4 is 5.56 Å². The third-order valence-corrected chi connectivity index (χ3v) is 5.32. The third kappa shape index (κ3) is 3.72. The van der Waals surface area contributed by atoms with E-state index in [-0.39, 0.29) is 51.6 Å². The van der Waals surface area contributed by atoms with Crippen molar-refractivity contribution in [2.45, 2.75) is 13.3 Å². The minimum absolute atomic E-state index is 0.00737. The van der Waals surface area contributed by atoms with E-state index in [1.807, 2.05) is 0 Å². The summed E-state index contributed by atoms with van der Waals surface area (Å²) in [6, 6.07) is 6.12. The van der Waals surface area contributed by atoms with Gasteiger partial charge in [-0.05, 0) is 24.6 Å². The number of halogens is 3. The summed E-state index contributed by atoms with van der Waals surface area (Å²) in [7, 11) is 0. The van der Waals surface area contributed by atoms with E-state index in [9.17, 15) is 14.7 Å². The van der Waals surface area contributed by atoms with Crippen LogP contribution in [0.4, 0.5) is 4.39 Å². The van der Waals surface area contributed by atoms with Crippen molar-refractivity contribution in [3.8, 4) is 16.9 Å². The van der Waals surface area contributed by atoms with Crippen LogP contribution in [0.2, 0.25) is 10.0 Å². The summed E-state index contributed by atoms with van der Waals surface area (Å²) in [6.45, 7) is 8.64. The van der Waals surface area contributed by atoms with Gasteiger partial charge in [-0.3, -0.25) is 4.79 Å². The van der Waals surface area contributed by atoms with E-state index in [0.29, 0.717) is 5.56 Å². The first kappa shape index (κ1) is 21.6. The molecule has 0 unspecified atom stereocenters. The fourth-order valence-electron chi connectivity index (χ4n) is 3.18. The third-order valence-electron chi connectivity index (χ3n) is 4.50. The van der Waals surface area contributed by atoms with Gasteiger partial charge in [-0.2, -0.15) is 0 Å². The van der Waals surface area contributed by atoms with Crippen molar-refractivity contribution in [1.29, 1.82) is 0 Å². The fourth-order valence-corrected chi connectivity index (χ4v) is 3.58. The average Bonchev–Trinajstić information content (AvgIpc) is 2.70. The van der Waals surface area contributed by atoms with E-state index < -0.39 is 28.7 Å². The van der Waals surface area contributed by atoms with E-state index in [4.69, 9.17) is 34.5 Å². The van der Waals surface area contributed by atoms with Crippen LogP contribution in [-0.2, 0) is 11.2 Å². The Morgan fingerprint density at radius 2 is 2.10 bits per heavy atom. The summed E-state index contributed by atoms with van der Waals surface area (Å²) in [5.41, 5.74) is -1.22. The molecule has 0 aliphatic rings. The number of nitrogens with zero attached hydrogens (tertiary/aromatic N) is 1. The number of aromatic hydroxyl groups is 1. The van der Waals surface area contributed by atoms with Gasteiger partial charge < -0.3 is 19.7 Å². The Bertz CT molecular complexity index is 1260. The number of hydrogen-bond acceptors (Lipinski definition) is 4. The molecule has 3 rings (SSSR count). The Balaban J connectivity index is 2.41. The van der Waals surface area contributed by atoms with Gasteiger partial charge in [0, 0.05) is 22.9 Å². The van der Waals surface area contributed by atoms with Crippen LogP contribution in [0.5, 0.6) is 5.75 Å². The lowest BCUT2D eigenvalue weighted by atomic mass is 9.93. The number of benzene rings is 2. The van der Waals surface area contributed by atoms with Crippen molar-refractivity contribution in [2.75, 3.05) is 13.2 Å². The average molecular weight is 449 g/mol. The maximum atomic E-state index is 15.6. The molecule has 0 amide bonds. The first-order valence-electron chi connectivity index (χ1n) is 8.86. The molecule has 154 valence electrons. The van der Waals surface area contributed by atoms with E-state index >= 15 is 4.39 Å². The summed E-state index contributed by atoms with van der Waals surface area (Å²) in [4.78, 5) is 30.1. The zero-order chi connectivity index (χ0) is 22.0. The SMILES string of the molecule is [C-]#[N+]CCc1cc2c(O)c(C(=O)OCC)c(=O)[nH]c2c(F)c1-c1cccc(Cl)c1Cl. The number of aromatic amines is 1. The van der Waals surface area contributed by atoms with Crippen molar-refractivity contribution in [2.24, 2.45) is 0 Å². The van der Waals surface area contributed by atoms with Crippen LogP contribution in [0.15, 0.2) is 29.1 Å². The molecule has 0 fully saturated rings. The van der Waals surface area contributed by atoms with Gasteiger partial charge in [0.05, 0.1) is 22.2 Å². The molecule has 0 spiro atoms. The number of rotatable bonds is 5. The highest BCUT2D eigenvalue weighted by molar-refractivity contribution is 6.43. The van der Waals surface area contributed by atoms with Crippen LogP contribution in [0.1, 0.15) is 22.8 Å². The highest BCUT2D eigenvalue weighted by Gasteiger charge is 2.25.